The predicted octanol–water partition coefficient (Wildman–Crippen LogP) is 11.7. The van der Waals surface area contributed by atoms with Crippen LogP contribution in [0.1, 0.15) is 187 Å². The molecule has 0 aliphatic carbocycles. The SMILES string of the molecule is CCCCCCCCCCCCCCCCCCCC(=O)OC[C@H](COP(=O)(O)O)OC(=O)CCC/C=C\C/C=C\C/C=C\C/C=C\CC(O)CCC. The largest absolute Gasteiger partial charge is 0.469 e. The Hall–Kier alpha value is -2.03. The van der Waals surface area contributed by atoms with E-state index < -0.39 is 32.5 Å². The lowest BCUT2D eigenvalue weighted by atomic mass is 10.0. The Morgan fingerprint density at radius 1 is 0.566 bits per heavy atom. The van der Waals surface area contributed by atoms with Gasteiger partial charge in [0.2, 0.25) is 0 Å². The maximum Gasteiger partial charge on any atom is 0.469 e. The van der Waals surface area contributed by atoms with Gasteiger partial charge in [0, 0.05) is 12.8 Å². The highest BCUT2D eigenvalue weighted by Crippen LogP contribution is 2.36. The van der Waals surface area contributed by atoms with Crippen molar-refractivity contribution in [1.29, 1.82) is 0 Å². The standard InChI is InChI=1S/C43H77O9P/c1-3-5-6-7-8-9-10-11-12-13-14-17-20-23-26-29-32-36-42(45)50-38-41(39-51-53(47,48)49)52-43(46)37-33-30-27-24-21-18-15-16-19-22-25-28-31-35-40(44)34-4-2/h15,18-19,22,24,27-28,31,40-41,44H,3-14,16-17,20-21,23,25-26,29-30,32-39H2,1-2H3,(H2,47,48,49)/b18-15-,22-19-,27-24-,31-28-/t40?,41-/m1/s1. The van der Waals surface area contributed by atoms with Gasteiger partial charge in [0.15, 0.2) is 6.10 Å². The average molecular weight is 769 g/mol. The van der Waals surface area contributed by atoms with Crippen molar-refractivity contribution in [3.8, 4) is 0 Å². The molecule has 0 heterocycles. The number of carbonyl (C=O) groups is 2. The van der Waals surface area contributed by atoms with Crippen LogP contribution in [0.3, 0.4) is 0 Å². The van der Waals surface area contributed by atoms with Crippen molar-refractivity contribution >= 4 is 19.8 Å². The van der Waals surface area contributed by atoms with Crippen LogP contribution >= 0.6 is 7.82 Å². The molecular formula is C43H77O9P. The molecule has 9 nitrogen and oxygen atoms in total. The predicted molar refractivity (Wildman–Crippen MR) is 217 cm³/mol. The summed E-state index contributed by atoms with van der Waals surface area (Å²) in [6.07, 6.45) is 43.3. The van der Waals surface area contributed by atoms with Crippen LogP contribution in [0.2, 0.25) is 0 Å². The molecule has 0 aliphatic rings. The molecule has 0 amide bonds. The van der Waals surface area contributed by atoms with Gasteiger partial charge in [-0.25, -0.2) is 4.57 Å². The summed E-state index contributed by atoms with van der Waals surface area (Å²) in [5.41, 5.74) is 0. The zero-order valence-corrected chi connectivity index (χ0v) is 34.4. The summed E-state index contributed by atoms with van der Waals surface area (Å²) in [5, 5.41) is 9.70. The molecule has 0 aromatic carbocycles. The zero-order valence-electron chi connectivity index (χ0n) is 33.5. The first-order valence-electron chi connectivity index (χ1n) is 21.0. The fourth-order valence-corrected chi connectivity index (χ4v) is 6.15. The highest BCUT2D eigenvalue weighted by Gasteiger charge is 2.22. The number of phosphoric acid groups is 1. The summed E-state index contributed by atoms with van der Waals surface area (Å²) in [4.78, 5) is 42.8. The van der Waals surface area contributed by atoms with Crippen molar-refractivity contribution in [2.75, 3.05) is 13.2 Å². The van der Waals surface area contributed by atoms with Crippen molar-refractivity contribution in [3.05, 3.63) is 48.6 Å². The molecule has 0 aromatic heterocycles. The van der Waals surface area contributed by atoms with Gasteiger partial charge < -0.3 is 24.4 Å². The lowest BCUT2D eigenvalue weighted by molar-refractivity contribution is -0.161. The van der Waals surface area contributed by atoms with Crippen LogP contribution in [0.5, 0.6) is 0 Å². The minimum Gasteiger partial charge on any atom is -0.462 e. The zero-order chi connectivity index (χ0) is 39.1. The van der Waals surface area contributed by atoms with Gasteiger partial charge in [-0.3, -0.25) is 14.1 Å². The smallest absolute Gasteiger partial charge is 0.462 e. The van der Waals surface area contributed by atoms with E-state index in [0.717, 1.165) is 44.9 Å². The van der Waals surface area contributed by atoms with Gasteiger partial charge in [-0.1, -0.05) is 172 Å². The summed E-state index contributed by atoms with van der Waals surface area (Å²) in [6, 6.07) is 0. The first-order valence-corrected chi connectivity index (χ1v) is 22.5. The molecule has 308 valence electrons. The van der Waals surface area contributed by atoms with Crippen LogP contribution < -0.4 is 0 Å². The minimum atomic E-state index is -4.78. The molecule has 0 saturated heterocycles. The van der Waals surface area contributed by atoms with E-state index in [4.69, 9.17) is 19.3 Å². The van der Waals surface area contributed by atoms with Gasteiger partial charge in [-0.2, -0.15) is 0 Å². The molecule has 0 fully saturated rings. The number of phosphoric ester groups is 1. The Kier molecular flexibility index (Phi) is 36.8. The van der Waals surface area contributed by atoms with Gasteiger partial charge in [0.25, 0.3) is 0 Å². The summed E-state index contributed by atoms with van der Waals surface area (Å²) in [5.74, 6) is -0.967. The van der Waals surface area contributed by atoms with E-state index in [1.54, 1.807) is 0 Å². The Balaban J connectivity index is 4.02. The number of ether oxygens (including phenoxy) is 2. The van der Waals surface area contributed by atoms with Crippen LogP contribution in [0.15, 0.2) is 48.6 Å². The van der Waals surface area contributed by atoms with E-state index in [9.17, 15) is 19.3 Å². The lowest BCUT2D eigenvalue weighted by Gasteiger charge is -2.18. The quantitative estimate of drug-likeness (QED) is 0.0242. The fraction of sp³-hybridized carbons (Fsp3) is 0.767. The molecule has 0 bridgehead atoms. The molecule has 3 N–H and O–H groups in total. The molecule has 0 spiro atoms. The molecule has 0 aliphatic heterocycles. The third kappa shape index (κ3) is 41.0. The molecule has 53 heavy (non-hydrogen) atoms. The maximum atomic E-state index is 12.4. The van der Waals surface area contributed by atoms with Gasteiger partial charge in [0.05, 0.1) is 12.7 Å². The molecule has 0 rings (SSSR count). The topological polar surface area (TPSA) is 140 Å². The van der Waals surface area contributed by atoms with Gasteiger partial charge in [-0.05, 0) is 51.4 Å². The monoisotopic (exact) mass is 769 g/mol. The van der Waals surface area contributed by atoms with Crippen molar-refractivity contribution in [2.45, 2.75) is 199 Å². The molecule has 0 aromatic rings. The second-order valence-electron chi connectivity index (χ2n) is 14.2. The van der Waals surface area contributed by atoms with E-state index >= 15 is 0 Å². The van der Waals surface area contributed by atoms with Crippen molar-refractivity contribution in [3.63, 3.8) is 0 Å². The average Bonchev–Trinajstić information content (AvgIpc) is 3.12. The number of carbonyl (C=O) groups excluding carboxylic acids is 2. The first kappa shape index (κ1) is 51.0. The minimum absolute atomic E-state index is 0.122. The summed E-state index contributed by atoms with van der Waals surface area (Å²) >= 11 is 0. The highest BCUT2D eigenvalue weighted by molar-refractivity contribution is 7.46. The molecule has 2 atom stereocenters. The first-order chi connectivity index (χ1) is 25.7. The molecule has 0 radical (unpaired) electrons. The van der Waals surface area contributed by atoms with Crippen LogP contribution in [0.25, 0.3) is 0 Å². The lowest BCUT2D eigenvalue weighted by Crippen LogP contribution is -2.29. The molecule has 10 heteroatoms. The Morgan fingerprint density at radius 3 is 1.51 bits per heavy atom. The molecular weight excluding hydrogens is 691 g/mol. The highest BCUT2D eigenvalue weighted by atomic mass is 31.2. The summed E-state index contributed by atoms with van der Waals surface area (Å²) < 4.78 is 26.3. The Labute approximate surface area is 323 Å². The van der Waals surface area contributed by atoms with E-state index in [1.165, 1.54) is 89.9 Å². The van der Waals surface area contributed by atoms with Crippen LogP contribution in [-0.2, 0) is 28.2 Å². The number of hydrogen-bond acceptors (Lipinski definition) is 7. The van der Waals surface area contributed by atoms with Crippen LogP contribution in [-0.4, -0.2) is 52.3 Å². The second-order valence-corrected chi connectivity index (χ2v) is 15.4. The number of hydrogen-bond donors (Lipinski definition) is 3. The van der Waals surface area contributed by atoms with E-state index in [0.29, 0.717) is 25.7 Å². The van der Waals surface area contributed by atoms with Crippen LogP contribution in [0.4, 0.5) is 0 Å². The van der Waals surface area contributed by atoms with Gasteiger partial charge in [0.1, 0.15) is 6.61 Å². The molecule has 0 saturated carbocycles. The van der Waals surface area contributed by atoms with Crippen molar-refractivity contribution < 1.29 is 43.0 Å². The number of aliphatic hydroxyl groups excluding tert-OH is 1. The van der Waals surface area contributed by atoms with Crippen LogP contribution in [0, 0.1) is 0 Å². The summed E-state index contributed by atoms with van der Waals surface area (Å²) in [7, 11) is -4.78. The summed E-state index contributed by atoms with van der Waals surface area (Å²) in [6.45, 7) is 3.45. The molecule has 1 unspecified atom stereocenters. The number of allylic oxidation sites excluding steroid dienone is 7. The third-order valence-corrected chi connectivity index (χ3v) is 9.39. The third-order valence-electron chi connectivity index (χ3n) is 8.91. The number of unbranched alkanes of at least 4 members (excludes halogenated alkanes) is 17. The maximum absolute atomic E-state index is 12.4. The van der Waals surface area contributed by atoms with Gasteiger partial charge >= 0.3 is 19.8 Å². The Morgan fingerprint density at radius 2 is 1.02 bits per heavy atom. The van der Waals surface area contributed by atoms with Gasteiger partial charge in [-0.15, -0.1) is 0 Å². The van der Waals surface area contributed by atoms with E-state index in [2.05, 4.69) is 48.8 Å². The number of rotatable bonds is 38. The fourth-order valence-electron chi connectivity index (χ4n) is 5.79. The van der Waals surface area contributed by atoms with E-state index in [1.807, 2.05) is 18.2 Å². The van der Waals surface area contributed by atoms with Crippen molar-refractivity contribution in [2.24, 2.45) is 0 Å². The second kappa shape index (κ2) is 38.3. The normalized spacial score (nSPS) is 13.5. The van der Waals surface area contributed by atoms with E-state index in [-0.39, 0.29) is 25.6 Å². The number of esters is 2. The Bertz CT molecular complexity index is 1020. The number of aliphatic hydroxyl groups is 1. The van der Waals surface area contributed by atoms with Crippen molar-refractivity contribution in [1.82, 2.24) is 0 Å².